The van der Waals surface area contributed by atoms with Crippen LogP contribution in [0.25, 0.3) is 32.2 Å². The van der Waals surface area contributed by atoms with Crippen LogP contribution in [0.1, 0.15) is 38.2 Å². The van der Waals surface area contributed by atoms with Gasteiger partial charge in [0.05, 0.1) is 27.2 Å². The van der Waals surface area contributed by atoms with Crippen molar-refractivity contribution in [3.8, 4) is 29.2 Å². The summed E-state index contributed by atoms with van der Waals surface area (Å²) in [5.74, 6) is -1.67. The molecule has 4 atom stereocenters. The first-order valence-electron chi connectivity index (χ1n) is 15.0. The number of ether oxygens (including phenoxy) is 2. The topological polar surface area (TPSA) is 130 Å². The largest absolute Gasteiger partial charge is 0.471 e. The molecule has 1 amide bonds. The lowest BCUT2D eigenvalue weighted by atomic mass is 9.95. The molecule has 3 aromatic heterocycles. The molecule has 7 rings (SSSR count). The predicted molar refractivity (Wildman–Crippen MR) is 166 cm³/mol. The van der Waals surface area contributed by atoms with Crippen molar-refractivity contribution in [3.05, 3.63) is 48.2 Å². The molecule has 10 nitrogen and oxygen atoms in total. The van der Waals surface area contributed by atoms with Crippen LogP contribution < -0.4 is 15.2 Å². The van der Waals surface area contributed by atoms with Crippen LogP contribution in [-0.4, -0.2) is 80.8 Å². The maximum Gasteiger partial charge on any atom is 0.320 e. The number of hydrogen-bond acceptors (Lipinski definition) is 10. The van der Waals surface area contributed by atoms with Gasteiger partial charge in [0.1, 0.15) is 47.0 Å². The predicted octanol–water partition coefficient (Wildman–Crippen LogP) is 5.15. The molecule has 6 heterocycles. The van der Waals surface area contributed by atoms with Gasteiger partial charge in [-0.25, -0.2) is 13.2 Å². The van der Waals surface area contributed by atoms with Crippen molar-refractivity contribution < 1.29 is 27.4 Å². The molecule has 4 aromatic rings. The quantitative estimate of drug-likeness (QED) is 0.270. The van der Waals surface area contributed by atoms with Crippen LogP contribution in [-0.2, 0) is 4.79 Å². The van der Waals surface area contributed by atoms with Gasteiger partial charge in [0.15, 0.2) is 5.82 Å². The van der Waals surface area contributed by atoms with E-state index in [1.165, 1.54) is 24.4 Å². The number of anilines is 1. The highest BCUT2D eigenvalue weighted by Gasteiger charge is 2.49. The van der Waals surface area contributed by atoms with Gasteiger partial charge in [-0.1, -0.05) is 6.58 Å². The fourth-order valence-electron chi connectivity index (χ4n) is 7.14. The van der Waals surface area contributed by atoms with Gasteiger partial charge in [0, 0.05) is 43.1 Å². The maximum absolute atomic E-state index is 16.6. The summed E-state index contributed by atoms with van der Waals surface area (Å²) >= 11 is 0.900. The molecule has 3 aliphatic rings. The molecule has 1 aromatic carbocycles. The molecule has 3 fully saturated rings. The highest BCUT2D eigenvalue weighted by Crippen LogP contribution is 2.43. The summed E-state index contributed by atoms with van der Waals surface area (Å²) < 4.78 is 58.3. The van der Waals surface area contributed by atoms with Gasteiger partial charge in [0.2, 0.25) is 11.8 Å². The summed E-state index contributed by atoms with van der Waals surface area (Å²) in [6, 6.07) is 4.03. The Morgan fingerprint density at radius 3 is 2.93 bits per heavy atom. The minimum atomic E-state index is -0.964. The number of benzene rings is 1. The van der Waals surface area contributed by atoms with Crippen LogP contribution >= 0.6 is 11.3 Å². The number of rotatable bonds is 7. The third-order valence-corrected chi connectivity index (χ3v) is 10.5. The lowest BCUT2D eigenvalue weighted by molar-refractivity contribution is -0.127. The smallest absolute Gasteiger partial charge is 0.320 e. The highest BCUT2D eigenvalue weighted by atomic mass is 32.1. The number of carbonyl (C=O) groups excluding carboxylic acids is 1. The summed E-state index contributed by atoms with van der Waals surface area (Å²) in [5, 5.41) is 10.2. The second kappa shape index (κ2) is 11.4. The Morgan fingerprint density at radius 2 is 2.15 bits per heavy atom. The fourth-order valence-corrected chi connectivity index (χ4v) is 8.09. The summed E-state index contributed by atoms with van der Waals surface area (Å²) in [5.41, 5.74) is 5.38. The van der Waals surface area contributed by atoms with Crippen molar-refractivity contribution >= 4 is 43.2 Å². The van der Waals surface area contributed by atoms with Crippen LogP contribution in [0.4, 0.5) is 18.2 Å². The van der Waals surface area contributed by atoms with Crippen molar-refractivity contribution in [2.24, 2.45) is 0 Å². The minimum absolute atomic E-state index is 0.0139. The SMILES string of the molecule is C=CC(=O)N1CC[C@@H](Oc2nc(OC[C@@]34CCCN3C[C@H](F)C4)nc3c(F)c(-c4ccc(F)c5sc(N)c(C#N)c45)ncc23)[C@H]1C. The molecule has 0 unspecified atom stereocenters. The molecule has 0 spiro atoms. The van der Waals surface area contributed by atoms with E-state index in [9.17, 15) is 18.8 Å². The number of thiophene rings is 1. The van der Waals surface area contributed by atoms with Gasteiger partial charge in [-0.3, -0.25) is 14.7 Å². The normalized spacial score (nSPS) is 24.4. The van der Waals surface area contributed by atoms with Crippen LogP contribution in [0.3, 0.4) is 0 Å². The van der Waals surface area contributed by atoms with Crippen molar-refractivity contribution in [2.45, 2.75) is 56.5 Å². The number of nitrogens with two attached hydrogens (primary N) is 1. The number of hydrogen-bond donors (Lipinski definition) is 1. The average Bonchev–Trinajstić information content (AvgIpc) is 3.78. The molecule has 3 saturated heterocycles. The number of alkyl halides is 1. The van der Waals surface area contributed by atoms with Crippen LogP contribution in [0, 0.1) is 23.0 Å². The van der Waals surface area contributed by atoms with Gasteiger partial charge in [-0.2, -0.15) is 15.2 Å². The van der Waals surface area contributed by atoms with Crippen molar-refractivity contribution in [1.29, 1.82) is 5.26 Å². The minimum Gasteiger partial charge on any atom is -0.471 e. The Hall–Kier alpha value is -4.48. The molecule has 0 saturated carbocycles. The summed E-state index contributed by atoms with van der Waals surface area (Å²) in [4.78, 5) is 29.4. The first-order chi connectivity index (χ1) is 22.1. The van der Waals surface area contributed by atoms with Crippen molar-refractivity contribution in [1.82, 2.24) is 24.8 Å². The molecule has 2 N–H and O–H groups in total. The zero-order chi connectivity index (χ0) is 32.3. The summed E-state index contributed by atoms with van der Waals surface area (Å²) in [7, 11) is 0. The maximum atomic E-state index is 16.6. The Bertz CT molecular complexity index is 1950. The summed E-state index contributed by atoms with van der Waals surface area (Å²) in [6.45, 7) is 7.07. The molecule has 238 valence electrons. The summed E-state index contributed by atoms with van der Waals surface area (Å²) in [6.07, 6.45) is 3.65. The number of nitriles is 1. The van der Waals surface area contributed by atoms with E-state index < -0.39 is 29.4 Å². The first-order valence-corrected chi connectivity index (χ1v) is 15.8. The van der Waals surface area contributed by atoms with Gasteiger partial charge < -0.3 is 20.1 Å². The third-order valence-electron chi connectivity index (χ3n) is 9.45. The zero-order valence-corrected chi connectivity index (χ0v) is 25.7. The monoisotopic (exact) mass is 649 g/mol. The van der Waals surface area contributed by atoms with E-state index in [0.29, 0.717) is 25.9 Å². The van der Waals surface area contributed by atoms with Crippen LogP contribution in [0.5, 0.6) is 11.9 Å². The van der Waals surface area contributed by atoms with Crippen molar-refractivity contribution in [2.75, 3.05) is 32.0 Å². The molecular formula is C32H30F3N7O3S. The Morgan fingerprint density at radius 1 is 1.33 bits per heavy atom. The number of aromatic nitrogens is 3. The number of pyridine rings is 1. The molecule has 3 aliphatic heterocycles. The molecule has 0 radical (unpaired) electrons. The second-order valence-corrected chi connectivity index (χ2v) is 13.1. The van der Waals surface area contributed by atoms with E-state index in [1.807, 2.05) is 13.0 Å². The Kier molecular flexibility index (Phi) is 7.48. The van der Waals surface area contributed by atoms with Crippen molar-refractivity contribution in [3.63, 3.8) is 0 Å². The van der Waals surface area contributed by atoms with Crippen LogP contribution in [0.2, 0.25) is 0 Å². The van der Waals surface area contributed by atoms with Gasteiger partial charge >= 0.3 is 6.01 Å². The average molecular weight is 650 g/mol. The Balaban J connectivity index is 1.33. The molecule has 46 heavy (non-hydrogen) atoms. The highest BCUT2D eigenvalue weighted by molar-refractivity contribution is 7.23. The second-order valence-electron chi connectivity index (χ2n) is 12.0. The van der Waals surface area contributed by atoms with Gasteiger partial charge in [0.25, 0.3) is 0 Å². The van der Waals surface area contributed by atoms with E-state index in [0.717, 1.165) is 30.7 Å². The van der Waals surface area contributed by atoms with E-state index >= 15 is 4.39 Å². The van der Waals surface area contributed by atoms with Gasteiger partial charge in [-0.05, 0) is 44.5 Å². The number of halogens is 3. The number of carbonyl (C=O) groups is 1. The zero-order valence-electron chi connectivity index (χ0n) is 24.9. The number of nitrogens with zero attached hydrogens (tertiary/aromatic N) is 6. The number of nitrogen functional groups attached to an aromatic ring is 1. The lowest BCUT2D eigenvalue weighted by Crippen LogP contribution is -2.43. The van der Waals surface area contributed by atoms with E-state index in [1.54, 1.807) is 4.90 Å². The fraction of sp³-hybridized carbons (Fsp3) is 0.406. The first kappa shape index (κ1) is 30.2. The van der Waals surface area contributed by atoms with E-state index in [-0.39, 0.29) is 73.3 Å². The standard InChI is InChI=1S/C32H30F3N7O3S/c1-3-23(43)42-10-7-22(16(42)2)45-30-20-13-38-26(18-5-6-21(34)28-24(18)19(12-36)29(37)46-28)25(35)27(20)39-31(40-30)44-15-32-8-4-9-41(32)14-17(33)11-32/h3,5-6,13,16-17,22H,1,4,7-11,14-15,37H2,2H3/t16-,17-,22-,32+/m1/s1. The molecule has 14 heteroatoms. The molecule has 0 aliphatic carbocycles. The number of amides is 1. The molecular weight excluding hydrogens is 619 g/mol. The van der Waals surface area contributed by atoms with E-state index in [2.05, 4.69) is 26.4 Å². The lowest BCUT2D eigenvalue weighted by Gasteiger charge is -2.30. The Labute approximate surface area is 266 Å². The third kappa shape index (κ3) is 4.80. The number of fused-ring (bicyclic) bond motifs is 3. The van der Waals surface area contributed by atoms with Gasteiger partial charge in [-0.15, -0.1) is 11.3 Å². The molecule has 0 bridgehead atoms. The van der Waals surface area contributed by atoms with E-state index in [4.69, 9.17) is 15.2 Å². The number of likely N-dealkylation sites (tertiary alicyclic amines) is 1. The van der Waals surface area contributed by atoms with Crippen LogP contribution in [0.15, 0.2) is 31.0 Å².